The minimum Gasteiger partial charge on any atom is -0.322 e. The van der Waals surface area contributed by atoms with E-state index in [1.807, 2.05) is 31.2 Å². The van der Waals surface area contributed by atoms with Crippen LogP contribution in [-0.4, -0.2) is 20.4 Å². The van der Waals surface area contributed by atoms with Crippen LogP contribution in [0.2, 0.25) is 5.02 Å². The quantitative estimate of drug-likeness (QED) is 0.627. The van der Waals surface area contributed by atoms with Crippen LogP contribution in [0.4, 0.5) is 11.4 Å². The van der Waals surface area contributed by atoms with E-state index in [2.05, 4.69) is 5.32 Å². The van der Waals surface area contributed by atoms with Crippen LogP contribution in [0.5, 0.6) is 0 Å². The summed E-state index contributed by atoms with van der Waals surface area (Å²) < 4.78 is 28.2. The lowest BCUT2D eigenvalue weighted by molar-refractivity contribution is 0.102. The molecule has 1 heterocycles. The van der Waals surface area contributed by atoms with Gasteiger partial charge in [-0.3, -0.25) is 9.10 Å². The number of nitriles is 1. The van der Waals surface area contributed by atoms with Gasteiger partial charge in [-0.25, -0.2) is 8.42 Å². The molecule has 0 fully saturated rings. The van der Waals surface area contributed by atoms with Crippen molar-refractivity contribution in [2.24, 2.45) is 0 Å². The van der Waals surface area contributed by atoms with Crippen LogP contribution in [0.25, 0.3) is 0 Å². The van der Waals surface area contributed by atoms with Gasteiger partial charge in [0.05, 0.1) is 21.2 Å². The van der Waals surface area contributed by atoms with Crippen molar-refractivity contribution in [1.82, 2.24) is 0 Å². The molecule has 0 saturated heterocycles. The fourth-order valence-corrected chi connectivity index (χ4v) is 5.66. The predicted octanol–water partition coefficient (Wildman–Crippen LogP) is 4.60. The number of carbonyl (C=O) groups is 1. The Bertz CT molecular complexity index is 1330. The van der Waals surface area contributed by atoms with E-state index in [0.29, 0.717) is 23.4 Å². The molecular formula is C23H18ClN3O3S. The van der Waals surface area contributed by atoms with Crippen molar-refractivity contribution >= 4 is 38.9 Å². The van der Waals surface area contributed by atoms with E-state index < -0.39 is 15.9 Å². The Morgan fingerprint density at radius 3 is 2.65 bits per heavy atom. The third-order valence-electron chi connectivity index (χ3n) is 5.15. The van der Waals surface area contributed by atoms with Crippen LogP contribution in [0.1, 0.15) is 28.4 Å². The number of halogens is 1. The largest absolute Gasteiger partial charge is 0.322 e. The van der Waals surface area contributed by atoms with Crippen molar-refractivity contribution in [2.75, 3.05) is 9.62 Å². The maximum atomic E-state index is 13.4. The smallest absolute Gasteiger partial charge is 0.264 e. The standard InChI is InChI=1S/C23H18ClN3O3S/c1-15-11-16-5-2-3-8-22(16)27(15)31(29,30)20-7-4-6-17(12-20)23(28)26-19-10-9-18(14-25)21(24)13-19/h2-10,12-13,15H,11H2,1H3,(H,26,28). The van der Waals surface area contributed by atoms with Crippen LogP contribution < -0.4 is 9.62 Å². The minimum atomic E-state index is -3.85. The first-order valence-electron chi connectivity index (χ1n) is 9.54. The second-order valence-electron chi connectivity index (χ2n) is 7.27. The summed E-state index contributed by atoms with van der Waals surface area (Å²) in [5.74, 6) is -0.479. The second kappa shape index (κ2) is 8.06. The number of hydrogen-bond donors (Lipinski definition) is 1. The van der Waals surface area contributed by atoms with Crippen LogP contribution >= 0.6 is 11.6 Å². The Hall–Kier alpha value is -3.34. The number of nitrogens with one attached hydrogen (secondary N) is 1. The number of fused-ring (bicyclic) bond motifs is 1. The number of carbonyl (C=O) groups excluding carboxylic acids is 1. The Balaban J connectivity index is 1.63. The number of amides is 1. The number of rotatable bonds is 4. The highest BCUT2D eigenvalue weighted by Gasteiger charge is 2.36. The molecule has 8 heteroatoms. The lowest BCUT2D eigenvalue weighted by Gasteiger charge is -2.24. The number of para-hydroxylation sites is 1. The number of hydrogen-bond acceptors (Lipinski definition) is 4. The monoisotopic (exact) mass is 451 g/mol. The molecule has 0 aromatic heterocycles. The van der Waals surface area contributed by atoms with Crippen molar-refractivity contribution in [3.05, 3.63) is 88.4 Å². The molecule has 1 aliphatic heterocycles. The van der Waals surface area contributed by atoms with E-state index in [9.17, 15) is 13.2 Å². The molecule has 1 amide bonds. The van der Waals surface area contributed by atoms with E-state index in [1.54, 1.807) is 24.3 Å². The SMILES string of the molecule is CC1Cc2ccccc2N1S(=O)(=O)c1cccc(C(=O)Nc2ccc(C#N)c(Cl)c2)c1. The summed E-state index contributed by atoms with van der Waals surface area (Å²) in [5.41, 5.74) is 2.54. The molecule has 3 aromatic rings. The summed E-state index contributed by atoms with van der Waals surface area (Å²) in [6.45, 7) is 1.86. The first-order valence-corrected chi connectivity index (χ1v) is 11.4. The van der Waals surface area contributed by atoms with E-state index >= 15 is 0 Å². The number of anilines is 2. The minimum absolute atomic E-state index is 0.0431. The third-order valence-corrected chi connectivity index (χ3v) is 7.38. The number of nitrogens with zero attached hydrogens (tertiary/aromatic N) is 2. The van der Waals surface area contributed by atoms with Crippen molar-refractivity contribution in [3.8, 4) is 6.07 Å². The Morgan fingerprint density at radius 1 is 1.13 bits per heavy atom. The van der Waals surface area contributed by atoms with Crippen LogP contribution in [0, 0.1) is 11.3 Å². The fraction of sp³-hybridized carbons (Fsp3) is 0.130. The molecule has 0 bridgehead atoms. The Kier molecular flexibility index (Phi) is 5.44. The summed E-state index contributed by atoms with van der Waals surface area (Å²) in [6.07, 6.45) is 0.634. The highest BCUT2D eigenvalue weighted by molar-refractivity contribution is 7.92. The zero-order chi connectivity index (χ0) is 22.2. The molecule has 0 radical (unpaired) electrons. The summed E-state index contributed by atoms with van der Waals surface area (Å²) in [6, 6.07) is 19.6. The van der Waals surface area contributed by atoms with Crippen LogP contribution in [0.3, 0.4) is 0 Å². The van der Waals surface area contributed by atoms with Gasteiger partial charge in [0.25, 0.3) is 15.9 Å². The van der Waals surface area contributed by atoms with Gasteiger partial charge < -0.3 is 5.32 Å². The van der Waals surface area contributed by atoms with Gasteiger partial charge in [-0.1, -0.05) is 35.9 Å². The number of sulfonamides is 1. The molecule has 31 heavy (non-hydrogen) atoms. The maximum absolute atomic E-state index is 13.4. The molecule has 3 aromatic carbocycles. The molecule has 0 spiro atoms. The average molecular weight is 452 g/mol. The lowest BCUT2D eigenvalue weighted by Crippen LogP contribution is -2.35. The van der Waals surface area contributed by atoms with Crippen molar-refractivity contribution in [1.29, 1.82) is 5.26 Å². The second-order valence-corrected chi connectivity index (χ2v) is 9.49. The summed E-state index contributed by atoms with van der Waals surface area (Å²) in [7, 11) is -3.85. The van der Waals surface area contributed by atoms with Gasteiger partial charge in [0.1, 0.15) is 6.07 Å². The average Bonchev–Trinajstić information content (AvgIpc) is 3.10. The summed E-state index contributed by atoms with van der Waals surface area (Å²) in [5, 5.41) is 11.9. The van der Waals surface area contributed by atoms with Gasteiger partial charge in [0, 0.05) is 17.3 Å². The van der Waals surface area contributed by atoms with E-state index in [0.717, 1.165) is 5.56 Å². The Labute approximate surface area is 185 Å². The lowest BCUT2D eigenvalue weighted by atomic mass is 10.1. The van der Waals surface area contributed by atoms with Gasteiger partial charge in [-0.2, -0.15) is 5.26 Å². The summed E-state index contributed by atoms with van der Waals surface area (Å²) >= 11 is 6.01. The molecule has 1 atom stereocenters. The van der Waals surface area contributed by atoms with E-state index in [-0.39, 0.29) is 21.5 Å². The van der Waals surface area contributed by atoms with Gasteiger partial charge in [0.15, 0.2) is 0 Å². The van der Waals surface area contributed by atoms with E-state index in [4.69, 9.17) is 16.9 Å². The number of benzene rings is 3. The highest BCUT2D eigenvalue weighted by atomic mass is 35.5. The first kappa shape index (κ1) is 20.9. The molecule has 1 N–H and O–H groups in total. The van der Waals surface area contributed by atoms with Gasteiger partial charge >= 0.3 is 0 Å². The van der Waals surface area contributed by atoms with Crippen LogP contribution in [0.15, 0.2) is 71.6 Å². The predicted molar refractivity (Wildman–Crippen MR) is 120 cm³/mol. The molecule has 156 valence electrons. The third kappa shape index (κ3) is 3.88. The molecule has 0 aliphatic carbocycles. The zero-order valence-electron chi connectivity index (χ0n) is 16.5. The topological polar surface area (TPSA) is 90.3 Å². The van der Waals surface area contributed by atoms with Crippen molar-refractivity contribution < 1.29 is 13.2 Å². The molecule has 4 rings (SSSR count). The molecule has 0 saturated carbocycles. The van der Waals surface area contributed by atoms with Gasteiger partial charge in [0.2, 0.25) is 0 Å². The van der Waals surface area contributed by atoms with Crippen molar-refractivity contribution in [3.63, 3.8) is 0 Å². The van der Waals surface area contributed by atoms with E-state index in [1.165, 1.54) is 28.6 Å². The molecular weight excluding hydrogens is 434 g/mol. The highest BCUT2D eigenvalue weighted by Crippen LogP contribution is 2.36. The maximum Gasteiger partial charge on any atom is 0.264 e. The van der Waals surface area contributed by atoms with Crippen LogP contribution in [-0.2, 0) is 16.4 Å². The molecule has 1 aliphatic rings. The normalized spacial score (nSPS) is 15.3. The summed E-state index contributed by atoms with van der Waals surface area (Å²) in [4.78, 5) is 12.8. The molecule has 1 unspecified atom stereocenters. The van der Waals surface area contributed by atoms with Crippen molar-refractivity contribution in [2.45, 2.75) is 24.3 Å². The first-order chi connectivity index (χ1) is 14.8. The fourth-order valence-electron chi connectivity index (χ4n) is 3.70. The zero-order valence-corrected chi connectivity index (χ0v) is 18.1. The van der Waals surface area contributed by atoms with Gasteiger partial charge in [-0.15, -0.1) is 0 Å². The molecule has 6 nitrogen and oxygen atoms in total. The Morgan fingerprint density at radius 2 is 1.90 bits per heavy atom. The van der Waals surface area contributed by atoms with Gasteiger partial charge in [-0.05, 0) is 61.4 Å².